The third-order valence-electron chi connectivity index (χ3n) is 4.76. The van der Waals surface area contributed by atoms with Crippen LogP contribution < -0.4 is 4.74 Å². The van der Waals surface area contributed by atoms with Gasteiger partial charge in [-0.25, -0.2) is 18.2 Å². The predicted octanol–water partition coefficient (Wildman–Crippen LogP) is -0.305. The monoisotopic (exact) mass is 382 g/mol. The van der Waals surface area contributed by atoms with Crippen LogP contribution in [0.3, 0.4) is 0 Å². The van der Waals surface area contributed by atoms with Crippen molar-refractivity contribution >= 4 is 21.8 Å². The zero-order valence-corrected chi connectivity index (χ0v) is 15.8. The summed E-state index contributed by atoms with van der Waals surface area (Å²) in [5.41, 5.74) is 0.283. The molecule has 0 spiro atoms. The number of pyridine rings is 1. The van der Waals surface area contributed by atoms with Crippen LogP contribution in [0.1, 0.15) is 10.4 Å². The lowest BCUT2D eigenvalue weighted by Gasteiger charge is -2.44. The first-order valence-electron chi connectivity index (χ1n) is 8.23. The zero-order chi connectivity index (χ0) is 19.1. The van der Waals surface area contributed by atoms with Crippen molar-refractivity contribution < 1.29 is 22.7 Å². The molecule has 2 atom stereocenters. The molecule has 26 heavy (non-hydrogen) atoms. The van der Waals surface area contributed by atoms with Gasteiger partial charge in [-0.3, -0.25) is 4.79 Å². The van der Waals surface area contributed by atoms with Crippen LogP contribution in [-0.4, -0.2) is 97.9 Å². The van der Waals surface area contributed by atoms with Gasteiger partial charge in [0.2, 0.25) is 5.88 Å². The summed E-state index contributed by atoms with van der Waals surface area (Å²) >= 11 is 0. The summed E-state index contributed by atoms with van der Waals surface area (Å²) in [6, 6.07) is 1.86. The molecule has 2 aliphatic heterocycles. The molecule has 0 unspecified atom stereocenters. The molecule has 3 amide bonds. The van der Waals surface area contributed by atoms with Gasteiger partial charge in [-0.05, 0) is 12.1 Å². The van der Waals surface area contributed by atoms with E-state index in [1.165, 1.54) is 23.1 Å². The van der Waals surface area contributed by atoms with Gasteiger partial charge in [-0.2, -0.15) is 0 Å². The van der Waals surface area contributed by atoms with E-state index >= 15 is 0 Å². The Balaban J connectivity index is 1.93. The zero-order valence-electron chi connectivity index (χ0n) is 15.0. The number of methoxy groups -OCH3 is 1. The lowest BCUT2D eigenvalue weighted by Crippen LogP contribution is -2.63. The first-order valence-corrected chi connectivity index (χ1v) is 10.1. The average Bonchev–Trinajstić information content (AvgIpc) is 2.94. The van der Waals surface area contributed by atoms with Crippen LogP contribution in [0.25, 0.3) is 0 Å². The second-order valence-corrected chi connectivity index (χ2v) is 8.79. The van der Waals surface area contributed by atoms with Crippen molar-refractivity contribution in [1.29, 1.82) is 0 Å². The number of ether oxygens (including phenoxy) is 1. The van der Waals surface area contributed by atoms with Gasteiger partial charge in [-0.1, -0.05) is 0 Å². The van der Waals surface area contributed by atoms with E-state index < -0.39 is 21.9 Å². The summed E-state index contributed by atoms with van der Waals surface area (Å²) in [4.78, 5) is 34.0. The van der Waals surface area contributed by atoms with E-state index in [9.17, 15) is 18.0 Å². The lowest BCUT2D eigenvalue weighted by molar-refractivity contribution is 0.0390. The number of nitrogens with zero attached hydrogens (tertiary/aromatic N) is 4. The molecule has 0 radical (unpaired) electrons. The minimum absolute atomic E-state index is 0.134. The highest BCUT2D eigenvalue weighted by atomic mass is 32.2. The molecule has 0 aliphatic carbocycles. The molecule has 0 aromatic carbocycles. The maximum Gasteiger partial charge on any atom is 0.319 e. The number of hydrogen-bond donors (Lipinski definition) is 0. The summed E-state index contributed by atoms with van der Waals surface area (Å²) in [6.07, 6.45) is 1.52. The fourth-order valence-corrected chi connectivity index (χ4v) is 5.55. The van der Waals surface area contributed by atoms with E-state index in [2.05, 4.69) is 4.98 Å². The molecule has 0 bridgehead atoms. The Morgan fingerprint density at radius 3 is 2.42 bits per heavy atom. The number of hydrogen-bond acceptors (Lipinski definition) is 6. The fraction of sp³-hybridized carbons (Fsp3) is 0.562. The Hall–Kier alpha value is -2.36. The van der Waals surface area contributed by atoms with Crippen LogP contribution in [0.2, 0.25) is 0 Å². The normalized spacial score (nSPS) is 24.1. The Labute approximate surface area is 152 Å². The smallest absolute Gasteiger partial charge is 0.319 e. The molecule has 0 saturated carbocycles. The number of fused-ring (bicyclic) bond motifs is 1. The summed E-state index contributed by atoms with van der Waals surface area (Å²) < 4.78 is 29.6. The van der Waals surface area contributed by atoms with Crippen LogP contribution in [0.4, 0.5) is 4.79 Å². The number of urea groups is 1. The predicted molar refractivity (Wildman–Crippen MR) is 93.8 cm³/mol. The first-order chi connectivity index (χ1) is 12.2. The molecule has 2 aliphatic rings. The third kappa shape index (κ3) is 3.20. The van der Waals surface area contributed by atoms with E-state index in [4.69, 9.17) is 4.74 Å². The van der Waals surface area contributed by atoms with Crippen molar-refractivity contribution in [3.05, 3.63) is 23.9 Å². The summed E-state index contributed by atoms with van der Waals surface area (Å²) in [5.74, 6) is -0.422. The van der Waals surface area contributed by atoms with Crippen molar-refractivity contribution in [2.24, 2.45) is 0 Å². The van der Waals surface area contributed by atoms with Crippen LogP contribution >= 0.6 is 0 Å². The molecule has 10 heteroatoms. The highest BCUT2D eigenvalue weighted by Gasteiger charge is 2.50. The Bertz CT molecular complexity index is 826. The number of amides is 3. The summed E-state index contributed by atoms with van der Waals surface area (Å²) in [7, 11) is 1.34. The van der Waals surface area contributed by atoms with Gasteiger partial charge in [0.25, 0.3) is 5.91 Å². The lowest BCUT2D eigenvalue weighted by atomic mass is 10.0. The highest BCUT2D eigenvalue weighted by molar-refractivity contribution is 7.91. The van der Waals surface area contributed by atoms with E-state index in [1.807, 2.05) is 0 Å². The van der Waals surface area contributed by atoms with E-state index in [-0.39, 0.29) is 48.0 Å². The van der Waals surface area contributed by atoms with Crippen LogP contribution in [0.15, 0.2) is 18.3 Å². The van der Waals surface area contributed by atoms with Gasteiger partial charge in [0, 0.05) is 33.4 Å². The van der Waals surface area contributed by atoms with Crippen LogP contribution in [0, 0.1) is 0 Å². The molecule has 0 N–H and O–H groups in total. The minimum Gasteiger partial charge on any atom is -0.480 e. The van der Waals surface area contributed by atoms with Crippen molar-refractivity contribution in [2.45, 2.75) is 12.1 Å². The second kappa shape index (κ2) is 6.75. The van der Waals surface area contributed by atoms with Crippen LogP contribution in [-0.2, 0) is 9.84 Å². The number of sulfone groups is 1. The topological polar surface area (TPSA) is 100 Å². The summed E-state index contributed by atoms with van der Waals surface area (Å²) in [6.45, 7) is 0.537. The number of rotatable bonds is 2. The third-order valence-corrected chi connectivity index (χ3v) is 6.46. The van der Waals surface area contributed by atoms with E-state index in [0.717, 1.165) is 0 Å². The van der Waals surface area contributed by atoms with Gasteiger partial charge >= 0.3 is 6.03 Å². The number of aromatic nitrogens is 1. The van der Waals surface area contributed by atoms with Crippen molar-refractivity contribution in [3.8, 4) is 5.88 Å². The van der Waals surface area contributed by atoms with Gasteiger partial charge in [-0.15, -0.1) is 0 Å². The Morgan fingerprint density at radius 2 is 1.81 bits per heavy atom. The largest absolute Gasteiger partial charge is 0.480 e. The second-order valence-electron chi connectivity index (χ2n) is 6.64. The molecule has 142 valence electrons. The maximum atomic E-state index is 13.0. The van der Waals surface area contributed by atoms with E-state index in [1.54, 1.807) is 31.1 Å². The van der Waals surface area contributed by atoms with Gasteiger partial charge < -0.3 is 19.4 Å². The van der Waals surface area contributed by atoms with Crippen LogP contribution in [0.5, 0.6) is 5.88 Å². The van der Waals surface area contributed by atoms with Crippen molar-refractivity contribution in [2.75, 3.05) is 45.8 Å². The molecule has 1 aromatic rings. The van der Waals surface area contributed by atoms with Gasteiger partial charge in [0.05, 0.1) is 30.7 Å². The Kier molecular flexibility index (Phi) is 4.78. The molecular formula is C16H22N4O5S. The van der Waals surface area contributed by atoms with Gasteiger partial charge in [0.1, 0.15) is 5.56 Å². The average molecular weight is 382 g/mol. The molecule has 3 heterocycles. The Morgan fingerprint density at radius 1 is 1.19 bits per heavy atom. The minimum atomic E-state index is -3.34. The van der Waals surface area contributed by atoms with Crippen molar-refractivity contribution in [3.63, 3.8) is 0 Å². The van der Waals surface area contributed by atoms with Gasteiger partial charge in [0.15, 0.2) is 9.84 Å². The quantitative estimate of drug-likeness (QED) is 0.696. The SMILES string of the molecule is COc1ncccc1C(=O)N1CCN(C(=O)N(C)C)[C@H]2CS(=O)(=O)C[C@H]21. The molecule has 1 aromatic heterocycles. The molecule has 9 nitrogen and oxygen atoms in total. The molecule has 2 fully saturated rings. The maximum absolute atomic E-state index is 13.0. The molecule has 3 rings (SSSR count). The van der Waals surface area contributed by atoms with E-state index in [0.29, 0.717) is 0 Å². The highest BCUT2D eigenvalue weighted by Crippen LogP contribution is 2.30. The molecular weight excluding hydrogens is 360 g/mol. The first kappa shape index (κ1) is 18.4. The number of carbonyl (C=O) groups is 2. The van der Waals surface area contributed by atoms with Crippen molar-refractivity contribution in [1.82, 2.24) is 19.7 Å². The molecule has 2 saturated heterocycles. The standard InChI is InChI=1S/C16H22N4O5S/c1-18(2)16(22)20-8-7-19(12-9-26(23,24)10-13(12)20)15(21)11-5-4-6-17-14(11)25-3/h4-6,12-13H,7-10H2,1-3H3/t12-,13+/m1/s1. The fourth-order valence-electron chi connectivity index (χ4n) is 3.57. The summed E-state index contributed by atoms with van der Waals surface area (Å²) in [5, 5.41) is 0. The number of carbonyl (C=O) groups excluding carboxylic acids is 2. The number of piperazine rings is 1.